The molecule has 1 N–H and O–H groups in total. The molecule has 3 rings (SSSR count). The molecular weight excluding hydrogens is 403 g/mol. The molecule has 0 aliphatic carbocycles. The van der Waals surface area contributed by atoms with E-state index in [1.165, 1.54) is 11.0 Å². The van der Waals surface area contributed by atoms with Crippen molar-refractivity contribution in [2.24, 2.45) is 0 Å². The number of benzene rings is 3. The van der Waals surface area contributed by atoms with Crippen LogP contribution in [0.1, 0.15) is 27.8 Å². The van der Waals surface area contributed by atoms with Gasteiger partial charge in [0.25, 0.3) is 0 Å². The van der Waals surface area contributed by atoms with Crippen LogP contribution in [-0.2, 0) is 29.0 Å². The summed E-state index contributed by atoms with van der Waals surface area (Å²) in [4.78, 5) is 28.0. The van der Waals surface area contributed by atoms with E-state index in [2.05, 4.69) is 5.32 Å². The van der Waals surface area contributed by atoms with Gasteiger partial charge in [0.1, 0.15) is 11.9 Å². The molecule has 4 nitrogen and oxygen atoms in total. The lowest BCUT2D eigenvalue weighted by Gasteiger charge is -2.31. The predicted molar refractivity (Wildman–Crippen MR) is 125 cm³/mol. The maximum Gasteiger partial charge on any atom is 0.242 e. The molecule has 3 aromatic carbocycles. The van der Waals surface area contributed by atoms with Gasteiger partial charge in [0.2, 0.25) is 11.8 Å². The third-order valence-electron chi connectivity index (χ3n) is 5.66. The highest BCUT2D eigenvalue weighted by Crippen LogP contribution is 2.19. The predicted octanol–water partition coefficient (Wildman–Crippen LogP) is 4.37. The van der Waals surface area contributed by atoms with E-state index in [1.54, 1.807) is 25.2 Å². The molecule has 0 bridgehead atoms. The van der Waals surface area contributed by atoms with Crippen LogP contribution in [0.2, 0.25) is 0 Å². The van der Waals surface area contributed by atoms with E-state index in [0.29, 0.717) is 12.0 Å². The summed E-state index contributed by atoms with van der Waals surface area (Å²) in [6.07, 6.45) is 0.484. The van der Waals surface area contributed by atoms with Crippen molar-refractivity contribution in [1.29, 1.82) is 0 Å². The van der Waals surface area contributed by atoms with E-state index in [4.69, 9.17) is 0 Å². The van der Waals surface area contributed by atoms with Crippen molar-refractivity contribution in [3.8, 4) is 0 Å². The van der Waals surface area contributed by atoms with Crippen molar-refractivity contribution >= 4 is 11.8 Å². The molecular formula is C27H29FN2O2. The Kier molecular flexibility index (Phi) is 7.77. The average molecular weight is 433 g/mol. The van der Waals surface area contributed by atoms with Crippen molar-refractivity contribution in [3.63, 3.8) is 0 Å². The number of halogens is 1. The molecule has 0 saturated carbocycles. The zero-order chi connectivity index (χ0) is 23.1. The highest BCUT2D eigenvalue weighted by atomic mass is 19.1. The molecule has 0 saturated heterocycles. The molecule has 0 aromatic heterocycles. The summed E-state index contributed by atoms with van der Waals surface area (Å²) in [5, 5.41) is 2.68. The molecule has 166 valence electrons. The Balaban J connectivity index is 1.98. The number of amides is 2. The third-order valence-corrected chi connectivity index (χ3v) is 5.66. The fourth-order valence-corrected chi connectivity index (χ4v) is 3.79. The number of hydrogen-bond acceptors (Lipinski definition) is 2. The maximum atomic E-state index is 14.5. The van der Waals surface area contributed by atoms with Crippen LogP contribution in [0.5, 0.6) is 0 Å². The number of aryl methyl sites for hydroxylation is 2. The van der Waals surface area contributed by atoms with E-state index in [1.807, 2.05) is 62.4 Å². The fraction of sp³-hybridized carbons (Fsp3) is 0.259. The molecule has 1 atom stereocenters. The molecule has 0 radical (unpaired) electrons. The van der Waals surface area contributed by atoms with Crippen molar-refractivity contribution < 1.29 is 14.0 Å². The van der Waals surface area contributed by atoms with Gasteiger partial charge in [0, 0.05) is 25.6 Å². The Morgan fingerprint density at radius 1 is 0.938 bits per heavy atom. The first-order valence-corrected chi connectivity index (χ1v) is 10.7. The largest absolute Gasteiger partial charge is 0.357 e. The molecule has 32 heavy (non-hydrogen) atoms. The number of carbonyl (C=O) groups is 2. The van der Waals surface area contributed by atoms with Crippen LogP contribution < -0.4 is 5.32 Å². The van der Waals surface area contributed by atoms with Gasteiger partial charge in [-0.1, -0.05) is 72.3 Å². The minimum atomic E-state index is -0.764. The normalized spacial score (nSPS) is 11.6. The van der Waals surface area contributed by atoms with Gasteiger partial charge < -0.3 is 10.2 Å². The maximum absolute atomic E-state index is 14.5. The van der Waals surface area contributed by atoms with Gasteiger partial charge in [-0.15, -0.1) is 0 Å². The third kappa shape index (κ3) is 5.82. The molecule has 0 unspecified atom stereocenters. The highest BCUT2D eigenvalue weighted by molar-refractivity contribution is 5.88. The lowest BCUT2D eigenvalue weighted by Crippen LogP contribution is -2.50. The fourth-order valence-electron chi connectivity index (χ4n) is 3.79. The van der Waals surface area contributed by atoms with Gasteiger partial charge in [0.15, 0.2) is 0 Å². The van der Waals surface area contributed by atoms with Gasteiger partial charge in [-0.3, -0.25) is 9.59 Å². The average Bonchev–Trinajstić information content (AvgIpc) is 2.79. The van der Waals surface area contributed by atoms with Crippen LogP contribution in [0, 0.1) is 19.7 Å². The number of hydrogen-bond donors (Lipinski definition) is 1. The Morgan fingerprint density at radius 3 is 2.31 bits per heavy atom. The second-order valence-corrected chi connectivity index (χ2v) is 8.04. The van der Waals surface area contributed by atoms with E-state index < -0.39 is 11.9 Å². The second-order valence-electron chi connectivity index (χ2n) is 8.04. The second kappa shape index (κ2) is 10.7. The van der Waals surface area contributed by atoms with Gasteiger partial charge in [-0.25, -0.2) is 4.39 Å². The van der Waals surface area contributed by atoms with Crippen LogP contribution in [0.3, 0.4) is 0 Å². The molecule has 5 heteroatoms. The topological polar surface area (TPSA) is 49.4 Å². The summed E-state index contributed by atoms with van der Waals surface area (Å²) in [6.45, 7) is 3.96. The zero-order valence-corrected chi connectivity index (χ0v) is 18.8. The summed E-state index contributed by atoms with van der Waals surface area (Å²) in [5.41, 5.74) is 4.28. The van der Waals surface area contributed by atoms with E-state index in [-0.39, 0.29) is 24.8 Å². The number of nitrogens with one attached hydrogen (secondary N) is 1. The summed E-state index contributed by atoms with van der Waals surface area (Å²) >= 11 is 0. The van der Waals surface area contributed by atoms with Crippen LogP contribution in [0.4, 0.5) is 4.39 Å². The standard InChI is InChI=1S/C27H29FN2O2/c1-19-13-14-20(2)23(15-19)17-26(31)30(18-22-11-7-8-12-24(22)28)25(27(32)29-3)16-21-9-5-4-6-10-21/h4-15,25H,16-18H2,1-3H3,(H,29,32)/t25-/m1/s1. The number of carbonyl (C=O) groups excluding carboxylic acids is 2. The van der Waals surface area contributed by atoms with Gasteiger partial charge in [0.05, 0.1) is 6.42 Å². The first kappa shape index (κ1) is 23.2. The van der Waals surface area contributed by atoms with E-state index in [9.17, 15) is 14.0 Å². The van der Waals surface area contributed by atoms with Gasteiger partial charge in [-0.05, 0) is 36.6 Å². The molecule has 2 amide bonds. The first-order chi connectivity index (χ1) is 15.4. The van der Waals surface area contributed by atoms with Crippen molar-refractivity contribution in [2.75, 3.05) is 7.05 Å². The Bertz CT molecular complexity index is 1080. The molecule has 0 spiro atoms. The lowest BCUT2D eigenvalue weighted by molar-refractivity contribution is -0.140. The molecule has 3 aromatic rings. The van der Waals surface area contributed by atoms with Crippen LogP contribution in [0.15, 0.2) is 72.8 Å². The number of nitrogens with zero attached hydrogens (tertiary/aromatic N) is 1. The molecule has 0 fully saturated rings. The Hall–Kier alpha value is -3.47. The quantitative estimate of drug-likeness (QED) is 0.575. The summed E-state index contributed by atoms with van der Waals surface area (Å²) in [5.74, 6) is -0.890. The highest BCUT2D eigenvalue weighted by Gasteiger charge is 2.30. The van der Waals surface area contributed by atoms with E-state index >= 15 is 0 Å². The Labute approximate surface area is 189 Å². The minimum absolute atomic E-state index is 0.0152. The minimum Gasteiger partial charge on any atom is -0.357 e. The SMILES string of the molecule is CNC(=O)[C@@H](Cc1ccccc1)N(Cc1ccccc1F)C(=O)Cc1cc(C)ccc1C. The van der Waals surface area contributed by atoms with Crippen molar-refractivity contribution in [3.05, 3.63) is 106 Å². The van der Waals surface area contributed by atoms with Crippen LogP contribution in [0.25, 0.3) is 0 Å². The van der Waals surface area contributed by atoms with Crippen molar-refractivity contribution in [1.82, 2.24) is 10.2 Å². The number of rotatable bonds is 8. The summed E-state index contributed by atoms with van der Waals surface area (Å²) < 4.78 is 14.5. The molecule has 0 aliphatic rings. The van der Waals surface area contributed by atoms with Crippen LogP contribution >= 0.6 is 0 Å². The molecule has 0 heterocycles. The number of likely N-dealkylation sites (N-methyl/N-ethyl adjacent to an activating group) is 1. The monoisotopic (exact) mass is 432 g/mol. The first-order valence-electron chi connectivity index (χ1n) is 10.7. The Morgan fingerprint density at radius 2 is 1.62 bits per heavy atom. The zero-order valence-electron chi connectivity index (χ0n) is 18.8. The van der Waals surface area contributed by atoms with Crippen LogP contribution in [-0.4, -0.2) is 29.8 Å². The summed E-state index contributed by atoms with van der Waals surface area (Å²) in [6, 6.07) is 21.1. The van der Waals surface area contributed by atoms with E-state index in [0.717, 1.165) is 22.3 Å². The lowest BCUT2D eigenvalue weighted by atomic mass is 9.99. The van der Waals surface area contributed by atoms with Crippen molar-refractivity contribution in [2.45, 2.75) is 39.3 Å². The van der Waals surface area contributed by atoms with Gasteiger partial charge >= 0.3 is 0 Å². The molecule has 0 aliphatic heterocycles. The van der Waals surface area contributed by atoms with Gasteiger partial charge in [-0.2, -0.15) is 0 Å². The smallest absolute Gasteiger partial charge is 0.242 e. The summed E-state index contributed by atoms with van der Waals surface area (Å²) in [7, 11) is 1.55.